The lowest BCUT2D eigenvalue weighted by Crippen LogP contribution is -2.49. The summed E-state index contributed by atoms with van der Waals surface area (Å²) in [4.78, 5) is 40.6. The van der Waals surface area contributed by atoms with Gasteiger partial charge in [0.15, 0.2) is 5.69 Å². The largest absolute Gasteiger partial charge is 0.467 e. The van der Waals surface area contributed by atoms with Crippen molar-refractivity contribution in [1.82, 2.24) is 25.3 Å². The van der Waals surface area contributed by atoms with Gasteiger partial charge >= 0.3 is 0 Å². The molecule has 1 atom stereocenters. The second-order valence-electron chi connectivity index (χ2n) is 8.70. The van der Waals surface area contributed by atoms with Crippen LogP contribution >= 0.6 is 0 Å². The minimum Gasteiger partial charge on any atom is -0.467 e. The Balaban J connectivity index is 1.44. The molecule has 3 aromatic rings. The Labute approximate surface area is 198 Å². The molecule has 3 heterocycles. The summed E-state index contributed by atoms with van der Waals surface area (Å²) in [5, 5.41) is 9.93. The molecule has 1 aliphatic heterocycles. The molecular weight excluding hydrogens is 434 g/mol. The quantitative estimate of drug-likeness (QED) is 0.534. The standard InChI is InChI=1S/C25H29N5O4/c1-17(2)22(24(32)26-15-19-10-6-13-34-19)27-23(31)20-14-21-25(33)29(11-7-12-30(21)28-20)16-18-8-4-3-5-9-18/h3-6,8-10,13-14,17,22H,7,11-12,15-16H2,1-2H3,(H,26,32)(H,27,31). The Morgan fingerprint density at radius 1 is 1.12 bits per heavy atom. The Morgan fingerprint density at radius 3 is 2.62 bits per heavy atom. The first-order chi connectivity index (χ1) is 16.4. The number of amides is 3. The number of fused-ring (bicyclic) bond motifs is 1. The smallest absolute Gasteiger partial charge is 0.272 e. The number of benzene rings is 1. The molecule has 2 N–H and O–H groups in total. The lowest BCUT2D eigenvalue weighted by Gasteiger charge is -2.21. The van der Waals surface area contributed by atoms with Gasteiger partial charge in [0.1, 0.15) is 17.5 Å². The number of aromatic nitrogens is 2. The molecule has 2 aromatic heterocycles. The second-order valence-corrected chi connectivity index (χ2v) is 8.70. The topological polar surface area (TPSA) is 109 Å². The van der Waals surface area contributed by atoms with E-state index in [-0.39, 0.29) is 30.0 Å². The van der Waals surface area contributed by atoms with Crippen molar-refractivity contribution in [3.05, 3.63) is 77.5 Å². The van der Waals surface area contributed by atoms with E-state index in [0.717, 1.165) is 12.0 Å². The summed E-state index contributed by atoms with van der Waals surface area (Å²) in [6.45, 7) is 5.59. The Kier molecular flexibility index (Phi) is 7.10. The van der Waals surface area contributed by atoms with E-state index in [1.165, 1.54) is 12.3 Å². The summed E-state index contributed by atoms with van der Waals surface area (Å²) >= 11 is 0. The highest BCUT2D eigenvalue weighted by atomic mass is 16.3. The van der Waals surface area contributed by atoms with E-state index in [2.05, 4.69) is 15.7 Å². The number of hydrogen-bond donors (Lipinski definition) is 2. The summed E-state index contributed by atoms with van der Waals surface area (Å²) in [7, 11) is 0. The number of rotatable bonds is 8. The predicted molar refractivity (Wildman–Crippen MR) is 125 cm³/mol. The monoisotopic (exact) mass is 463 g/mol. The normalized spacial score (nSPS) is 14.4. The highest BCUT2D eigenvalue weighted by molar-refractivity contribution is 5.99. The average Bonchev–Trinajstić information content (AvgIpc) is 3.48. The summed E-state index contributed by atoms with van der Waals surface area (Å²) in [6, 6.07) is 14.1. The van der Waals surface area contributed by atoms with E-state index in [1.54, 1.807) is 21.7 Å². The Bertz CT molecular complexity index is 1140. The van der Waals surface area contributed by atoms with Gasteiger partial charge in [-0.15, -0.1) is 0 Å². The molecule has 0 spiro atoms. The third-order valence-corrected chi connectivity index (χ3v) is 5.79. The molecule has 4 rings (SSSR count). The molecule has 9 nitrogen and oxygen atoms in total. The molecule has 9 heteroatoms. The van der Waals surface area contributed by atoms with Crippen LogP contribution in [0, 0.1) is 5.92 Å². The van der Waals surface area contributed by atoms with Gasteiger partial charge in [-0.3, -0.25) is 19.1 Å². The molecule has 1 unspecified atom stereocenters. The van der Waals surface area contributed by atoms with Crippen molar-refractivity contribution < 1.29 is 18.8 Å². The molecule has 0 aliphatic carbocycles. The zero-order chi connectivity index (χ0) is 24.1. The number of carbonyl (C=O) groups is 3. The maximum Gasteiger partial charge on any atom is 0.272 e. The van der Waals surface area contributed by atoms with Crippen LogP contribution in [0.1, 0.15) is 52.6 Å². The SMILES string of the molecule is CC(C)C(NC(=O)c1cc2n(n1)CCCN(Cc1ccccc1)C2=O)C(=O)NCc1ccco1. The summed E-state index contributed by atoms with van der Waals surface area (Å²) in [6.07, 6.45) is 2.27. The molecule has 0 fully saturated rings. The molecule has 1 aromatic carbocycles. The van der Waals surface area contributed by atoms with E-state index in [4.69, 9.17) is 4.42 Å². The van der Waals surface area contributed by atoms with Crippen molar-refractivity contribution in [2.75, 3.05) is 6.54 Å². The minimum atomic E-state index is -0.755. The first-order valence-corrected chi connectivity index (χ1v) is 11.4. The van der Waals surface area contributed by atoms with Crippen molar-refractivity contribution in [3.8, 4) is 0 Å². The van der Waals surface area contributed by atoms with Gasteiger partial charge in [-0.2, -0.15) is 5.10 Å². The summed E-state index contributed by atoms with van der Waals surface area (Å²) in [5.41, 5.74) is 1.54. The molecule has 0 saturated carbocycles. The number of hydrogen-bond acceptors (Lipinski definition) is 5. The molecule has 178 valence electrons. The van der Waals surface area contributed by atoms with Gasteiger partial charge in [0.2, 0.25) is 5.91 Å². The van der Waals surface area contributed by atoms with Crippen LogP contribution in [0.5, 0.6) is 0 Å². The van der Waals surface area contributed by atoms with Crippen molar-refractivity contribution in [2.24, 2.45) is 5.92 Å². The van der Waals surface area contributed by atoms with E-state index < -0.39 is 11.9 Å². The zero-order valence-electron chi connectivity index (χ0n) is 19.4. The van der Waals surface area contributed by atoms with Gasteiger partial charge in [0.05, 0.1) is 12.8 Å². The Morgan fingerprint density at radius 2 is 1.91 bits per heavy atom. The molecular formula is C25H29N5O4. The van der Waals surface area contributed by atoms with Crippen molar-refractivity contribution in [2.45, 2.75) is 45.9 Å². The number of carbonyl (C=O) groups excluding carboxylic acids is 3. The summed E-state index contributed by atoms with van der Waals surface area (Å²) < 4.78 is 6.82. The first kappa shape index (κ1) is 23.3. The van der Waals surface area contributed by atoms with Crippen LogP contribution < -0.4 is 10.6 Å². The van der Waals surface area contributed by atoms with Gasteiger partial charge in [0, 0.05) is 25.7 Å². The molecule has 3 amide bonds. The lowest BCUT2D eigenvalue weighted by atomic mass is 10.0. The third kappa shape index (κ3) is 5.36. The fourth-order valence-electron chi connectivity index (χ4n) is 3.95. The summed E-state index contributed by atoms with van der Waals surface area (Å²) in [5.74, 6) is -0.493. The second kappa shape index (κ2) is 10.4. The number of furan rings is 1. The van der Waals surface area contributed by atoms with E-state index in [0.29, 0.717) is 31.1 Å². The van der Waals surface area contributed by atoms with E-state index in [1.807, 2.05) is 44.2 Å². The van der Waals surface area contributed by atoms with E-state index in [9.17, 15) is 14.4 Å². The van der Waals surface area contributed by atoms with E-state index >= 15 is 0 Å². The predicted octanol–water partition coefficient (Wildman–Crippen LogP) is 2.59. The van der Waals surface area contributed by atoms with Crippen LogP contribution in [0.15, 0.2) is 59.2 Å². The molecule has 34 heavy (non-hydrogen) atoms. The van der Waals surface area contributed by atoms with Gasteiger partial charge in [-0.1, -0.05) is 44.2 Å². The highest BCUT2D eigenvalue weighted by Crippen LogP contribution is 2.17. The zero-order valence-corrected chi connectivity index (χ0v) is 19.4. The maximum atomic E-state index is 13.2. The first-order valence-electron chi connectivity index (χ1n) is 11.4. The number of nitrogens with one attached hydrogen (secondary N) is 2. The Hall–Kier alpha value is -3.88. The minimum absolute atomic E-state index is 0.120. The molecule has 0 saturated heterocycles. The van der Waals surface area contributed by atoms with Crippen molar-refractivity contribution in [3.63, 3.8) is 0 Å². The van der Waals surface area contributed by atoms with Gasteiger partial charge in [-0.25, -0.2) is 0 Å². The van der Waals surface area contributed by atoms with Gasteiger partial charge < -0.3 is 20.0 Å². The fraction of sp³-hybridized carbons (Fsp3) is 0.360. The molecule has 0 bridgehead atoms. The lowest BCUT2D eigenvalue weighted by molar-refractivity contribution is -0.124. The van der Waals surface area contributed by atoms with Crippen LogP contribution in [-0.4, -0.2) is 45.0 Å². The number of aryl methyl sites for hydroxylation is 1. The highest BCUT2D eigenvalue weighted by Gasteiger charge is 2.29. The maximum absolute atomic E-state index is 13.2. The fourth-order valence-corrected chi connectivity index (χ4v) is 3.95. The molecule has 1 aliphatic rings. The van der Waals surface area contributed by atoms with Crippen LogP contribution in [0.2, 0.25) is 0 Å². The van der Waals surface area contributed by atoms with Gasteiger partial charge in [0.25, 0.3) is 11.8 Å². The van der Waals surface area contributed by atoms with Crippen LogP contribution in [0.25, 0.3) is 0 Å². The van der Waals surface area contributed by atoms with Crippen LogP contribution in [0.3, 0.4) is 0 Å². The van der Waals surface area contributed by atoms with Crippen molar-refractivity contribution in [1.29, 1.82) is 0 Å². The van der Waals surface area contributed by atoms with Crippen molar-refractivity contribution >= 4 is 17.7 Å². The average molecular weight is 464 g/mol. The third-order valence-electron chi connectivity index (χ3n) is 5.79. The van der Waals surface area contributed by atoms with Gasteiger partial charge in [-0.05, 0) is 30.0 Å². The number of nitrogens with zero attached hydrogens (tertiary/aromatic N) is 3. The van der Waals surface area contributed by atoms with Crippen LogP contribution in [0.4, 0.5) is 0 Å². The van der Waals surface area contributed by atoms with Crippen LogP contribution in [-0.2, 0) is 24.4 Å². The molecule has 0 radical (unpaired) electrons.